The number of rotatable bonds is 5. The zero-order chi connectivity index (χ0) is 15.5. The van der Waals surface area contributed by atoms with Gasteiger partial charge in [0.15, 0.2) is 5.11 Å². The highest BCUT2D eigenvalue weighted by atomic mass is 32.1. The summed E-state index contributed by atoms with van der Waals surface area (Å²) in [5.41, 5.74) is 2.17. The molecule has 6 heteroatoms. The molecule has 1 aliphatic heterocycles. The van der Waals surface area contributed by atoms with Crippen molar-refractivity contribution in [2.24, 2.45) is 7.05 Å². The minimum atomic E-state index is 0.0230. The van der Waals surface area contributed by atoms with Gasteiger partial charge in [-0.2, -0.15) is 0 Å². The molecule has 22 heavy (non-hydrogen) atoms. The van der Waals surface area contributed by atoms with Crippen LogP contribution in [-0.4, -0.2) is 37.8 Å². The molecule has 3 heterocycles. The van der Waals surface area contributed by atoms with Gasteiger partial charge < -0.3 is 19.9 Å². The molecule has 2 N–H and O–H groups in total. The number of aromatic nitrogens is 2. The molecule has 0 bridgehead atoms. The van der Waals surface area contributed by atoms with Crippen LogP contribution in [0.3, 0.4) is 0 Å². The fraction of sp³-hybridized carbons (Fsp3) is 0.375. The van der Waals surface area contributed by atoms with Crippen molar-refractivity contribution < 1.29 is 5.11 Å². The first-order valence-electron chi connectivity index (χ1n) is 7.41. The van der Waals surface area contributed by atoms with Gasteiger partial charge in [-0.1, -0.05) is 6.07 Å². The molecule has 3 rings (SSSR count). The van der Waals surface area contributed by atoms with E-state index in [2.05, 4.69) is 27.5 Å². The van der Waals surface area contributed by atoms with Crippen molar-refractivity contribution in [1.29, 1.82) is 0 Å². The molecular weight excluding hydrogens is 296 g/mol. The summed E-state index contributed by atoms with van der Waals surface area (Å²) in [7, 11) is 2.01. The van der Waals surface area contributed by atoms with E-state index in [1.165, 1.54) is 5.56 Å². The number of hydrogen-bond acceptors (Lipinski definition) is 3. The fourth-order valence-corrected chi connectivity index (χ4v) is 3.28. The lowest BCUT2D eigenvalue weighted by molar-refractivity contribution is 0.247. The second-order valence-corrected chi connectivity index (χ2v) is 5.89. The maximum atomic E-state index is 9.15. The third-order valence-electron chi connectivity index (χ3n) is 3.95. The fourth-order valence-electron chi connectivity index (χ4n) is 2.95. The second kappa shape index (κ2) is 6.46. The average Bonchev–Trinajstić information content (AvgIpc) is 3.09. The van der Waals surface area contributed by atoms with Crippen LogP contribution < -0.4 is 5.32 Å². The highest BCUT2D eigenvalue weighted by Crippen LogP contribution is 2.38. The van der Waals surface area contributed by atoms with Gasteiger partial charge >= 0.3 is 0 Å². The topological polar surface area (TPSA) is 53.3 Å². The monoisotopic (exact) mass is 316 g/mol. The van der Waals surface area contributed by atoms with Crippen LogP contribution in [0.2, 0.25) is 0 Å². The summed E-state index contributed by atoms with van der Waals surface area (Å²) >= 11 is 5.51. The van der Waals surface area contributed by atoms with Gasteiger partial charge in [-0.3, -0.25) is 4.98 Å². The molecule has 5 nitrogen and oxygen atoms in total. The van der Waals surface area contributed by atoms with Crippen LogP contribution in [0.1, 0.15) is 29.8 Å². The van der Waals surface area contributed by atoms with Gasteiger partial charge in [0, 0.05) is 38.8 Å². The molecule has 0 saturated carbocycles. The molecule has 0 aromatic carbocycles. The van der Waals surface area contributed by atoms with Gasteiger partial charge in [0.1, 0.15) is 0 Å². The van der Waals surface area contributed by atoms with Crippen molar-refractivity contribution in [1.82, 2.24) is 19.8 Å². The molecule has 2 atom stereocenters. The van der Waals surface area contributed by atoms with Crippen LogP contribution in [0.25, 0.3) is 0 Å². The van der Waals surface area contributed by atoms with Crippen LogP contribution in [0, 0.1) is 0 Å². The lowest BCUT2D eigenvalue weighted by Gasteiger charge is -2.26. The number of nitrogens with one attached hydrogen (secondary N) is 1. The van der Waals surface area contributed by atoms with Gasteiger partial charge in [-0.25, -0.2) is 0 Å². The summed E-state index contributed by atoms with van der Waals surface area (Å²) in [5.74, 6) is 0. The number of aryl methyl sites for hydroxylation is 1. The van der Waals surface area contributed by atoms with Crippen molar-refractivity contribution >= 4 is 17.3 Å². The summed E-state index contributed by atoms with van der Waals surface area (Å²) in [6, 6.07) is 8.15. The normalized spacial score (nSPS) is 21.2. The van der Waals surface area contributed by atoms with Crippen molar-refractivity contribution in [2.75, 3.05) is 13.2 Å². The minimum Gasteiger partial charge on any atom is -0.396 e. The largest absolute Gasteiger partial charge is 0.396 e. The molecular formula is C16H20N4OS. The van der Waals surface area contributed by atoms with Gasteiger partial charge in [-0.15, -0.1) is 0 Å². The van der Waals surface area contributed by atoms with E-state index < -0.39 is 0 Å². The summed E-state index contributed by atoms with van der Waals surface area (Å²) in [6.45, 7) is 0.889. The van der Waals surface area contributed by atoms with Gasteiger partial charge in [-0.05, 0) is 42.4 Å². The highest BCUT2D eigenvalue weighted by molar-refractivity contribution is 7.80. The lowest BCUT2D eigenvalue weighted by Crippen LogP contribution is -2.31. The smallest absolute Gasteiger partial charge is 0.170 e. The maximum absolute atomic E-state index is 9.15. The third kappa shape index (κ3) is 2.84. The van der Waals surface area contributed by atoms with Crippen molar-refractivity contribution in [2.45, 2.75) is 18.5 Å². The van der Waals surface area contributed by atoms with Crippen LogP contribution >= 0.6 is 12.2 Å². The molecule has 0 aliphatic carbocycles. The Labute approximate surface area is 135 Å². The van der Waals surface area contributed by atoms with Gasteiger partial charge in [0.05, 0.1) is 17.8 Å². The summed E-state index contributed by atoms with van der Waals surface area (Å²) < 4.78 is 2.04. The number of aliphatic hydroxyl groups is 1. The Kier molecular flexibility index (Phi) is 4.40. The van der Waals surface area contributed by atoms with Gasteiger partial charge in [0.25, 0.3) is 0 Å². The van der Waals surface area contributed by atoms with E-state index in [4.69, 9.17) is 17.3 Å². The maximum Gasteiger partial charge on any atom is 0.170 e. The van der Waals surface area contributed by atoms with Crippen LogP contribution in [0.15, 0.2) is 42.9 Å². The first-order valence-corrected chi connectivity index (χ1v) is 7.82. The third-order valence-corrected chi connectivity index (χ3v) is 4.30. The standard InChI is InChI=1S/C16H20N4OS/c1-19-9-6-12(11-19)15-14(13-5-2-3-7-17-13)18-16(22)20(15)8-4-10-21/h2-3,5-7,9,11,14-15,21H,4,8,10H2,1H3,(H,18,22)/t14-,15+/m0/s1. The Morgan fingerprint density at radius 2 is 2.23 bits per heavy atom. The predicted octanol–water partition coefficient (Wildman–Crippen LogP) is 1.78. The Balaban J connectivity index is 1.96. The number of nitrogens with zero attached hydrogens (tertiary/aromatic N) is 3. The van der Waals surface area contributed by atoms with Gasteiger partial charge in [0.2, 0.25) is 0 Å². The highest BCUT2D eigenvalue weighted by Gasteiger charge is 2.39. The quantitative estimate of drug-likeness (QED) is 0.824. The predicted molar refractivity (Wildman–Crippen MR) is 89.3 cm³/mol. The summed E-state index contributed by atoms with van der Waals surface area (Å²) in [4.78, 5) is 6.64. The molecule has 2 aromatic rings. The molecule has 0 spiro atoms. The molecule has 116 valence electrons. The van der Waals surface area contributed by atoms with E-state index in [9.17, 15) is 0 Å². The van der Waals surface area contributed by atoms with E-state index in [0.717, 1.165) is 17.4 Å². The van der Waals surface area contributed by atoms with E-state index in [1.54, 1.807) is 6.20 Å². The molecule has 1 aliphatic rings. The number of hydrogen-bond donors (Lipinski definition) is 2. The first kappa shape index (κ1) is 15.0. The van der Waals surface area contributed by atoms with Crippen molar-refractivity contribution in [3.05, 3.63) is 54.1 Å². The number of thiocarbonyl (C=S) groups is 1. The van der Waals surface area contributed by atoms with Crippen LogP contribution in [0.4, 0.5) is 0 Å². The summed E-state index contributed by atoms with van der Waals surface area (Å²) in [6.07, 6.45) is 6.65. The zero-order valence-corrected chi connectivity index (χ0v) is 13.3. The van der Waals surface area contributed by atoms with E-state index in [-0.39, 0.29) is 18.7 Å². The number of pyridine rings is 1. The van der Waals surface area contributed by atoms with Crippen LogP contribution in [-0.2, 0) is 7.05 Å². The molecule has 0 amide bonds. The van der Waals surface area contributed by atoms with E-state index in [0.29, 0.717) is 6.42 Å². The minimum absolute atomic E-state index is 0.0230. The Morgan fingerprint density at radius 3 is 2.86 bits per heavy atom. The molecule has 1 saturated heterocycles. The number of aliphatic hydroxyl groups excluding tert-OH is 1. The van der Waals surface area contributed by atoms with Crippen LogP contribution in [0.5, 0.6) is 0 Å². The summed E-state index contributed by atoms with van der Waals surface area (Å²) in [5, 5.41) is 13.3. The second-order valence-electron chi connectivity index (χ2n) is 5.51. The van der Waals surface area contributed by atoms with E-state index in [1.807, 2.05) is 36.0 Å². The Morgan fingerprint density at radius 1 is 1.36 bits per heavy atom. The van der Waals surface area contributed by atoms with Crippen molar-refractivity contribution in [3.8, 4) is 0 Å². The average molecular weight is 316 g/mol. The SMILES string of the molecule is Cn1ccc([C@@H]2[C@H](c3ccccn3)NC(=S)N2CCCO)c1. The zero-order valence-electron chi connectivity index (χ0n) is 12.5. The van der Waals surface area contributed by atoms with E-state index >= 15 is 0 Å². The first-order chi connectivity index (χ1) is 10.7. The molecule has 0 unspecified atom stereocenters. The Bertz CT molecular complexity index is 643. The van der Waals surface area contributed by atoms with Crippen molar-refractivity contribution in [3.63, 3.8) is 0 Å². The Hall–Kier alpha value is -1.92. The molecule has 1 fully saturated rings. The molecule has 0 radical (unpaired) electrons. The lowest BCUT2D eigenvalue weighted by atomic mass is 9.99. The molecule has 2 aromatic heterocycles.